The van der Waals surface area contributed by atoms with E-state index in [2.05, 4.69) is 32.8 Å². The highest BCUT2D eigenvalue weighted by Gasteiger charge is 2.29. The summed E-state index contributed by atoms with van der Waals surface area (Å²) in [5, 5.41) is 17.8. The van der Waals surface area contributed by atoms with Gasteiger partial charge in [-0.05, 0) is 31.1 Å². The molecular weight excluding hydrogens is 188 g/mol. The standard InChI is InChI=1S/C13H20O2/c1-10-8-13(2,3)6-4-12(10)11(9-15)5-7-14/h8,11-12,14-15H,4,6,9H2,1-3H3. The van der Waals surface area contributed by atoms with Gasteiger partial charge in [-0.1, -0.05) is 31.4 Å². The number of allylic oxidation sites excluding steroid dienone is 2. The fourth-order valence-electron chi connectivity index (χ4n) is 2.43. The third-order valence-electron chi connectivity index (χ3n) is 3.24. The number of hydrogen-bond acceptors (Lipinski definition) is 2. The Labute approximate surface area is 92.0 Å². The van der Waals surface area contributed by atoms with E-state index in [-0.39, 0.29) is 17.9 Å². The van der Waals surface area contributed by atoms with Crippen LogP contribution in [0.3, 0.4) is 0 Å². The molecule has 0 spiro atoms. The third-order valence-corrected chi connectivity index (χ3v) is 3.24. The summed E-state index contributed by atoms with van der Waals surface area (Å²) >= 11 is 0. The molecule has 0 saturated carbocycles. The molecule has 0 heterocycles. The van der Waals surface area contributed by atoms with Gasteiger partial charge in [-0.25, -0.2) is 0 Å². The van der Waals surface area contributed by atoms with Crippen LogP contribution in [0.1, 0.15) is 33.6 Å². The summed E-state index contributed by atoms with van der Waals surface area (Å²) in [5.74, 6) is 2.85. The Kier molecular flexibility index (Phi) is 3.82. The van der Waals surface area contributed by atoms with Crippen LogP contribution < -0.4 is 0 Å². The van der Waals surface area contributed by atoms with Gasteiger partial charge in [0, 0.05) is 0 Å². The molecule has 2 heteroatoms. The summed E-state index contributed by atoms with van der Waals surface area (Å²) in [4.78, 5) is 0. The lowest BCUT2D eigenvalue weighted by Gasteiger charge is -2.34. The lowest BCUT2D eigenvalue weighted by atomic mass is 9.71. The normalized spacial score (nSPS) is 26.1. The molecule has 1 rings (SSSR count). The van der Waals surface area contributed by atoms with Gasteiger partial charge in [-0.2, -0.15) is 0 Å². The molecule has 1 aliphatic carbocycles. The van der Waals surface area contributed by atoms with Gasteiger partial charge in [0.2, 0.25) is 0 Å². The topological polar surface area (TPSA) is 40.5 Å². The van der Waals surface area contributed by atoms with Crippen LogP contribution in [0.2, 0.25) is 0 Å². The number of aliphatic hydroxyl groups is 2. The molecule has 2 atom stereocenters. The Morgan fingerprint density at radius 2 is 2.27 bits per heavy atom. The molecule has 2 unspecified atom stereocenters. The Bertz CT molecular complexity index is 304. The summed E-state index contributed by atoms with van der Waals surface area (Å²) in [6, 6.07) is 0. The molecule has 2 nitrogen and oxygen atoms in total. The first-order chi connectivity index (χ1) is 7.00. The van der Waals surface area contributed by atoms with Crippen molar-refractivity contribution in [1.82, 2.24) is 0 Å². The van der Waals surface area contributed by atoms with Crippen molar-refractivity contribution in [1.29, 1.82) is 0 Å². The van der Waals surface area contributed by atoms with E-state index < -0.39 is 0 Å². The summed E-state index contributed by atoms with van der Waals surface area (Å²) in [7, 11) is 0. The van der Waals surface area contributed by atoms with Crippen LogP contribution in [-0.2, 0) is 0 Å². The first-order valence-electron chi connectivity index (χ1n) is 5.45. The van der Waals surface area contributed by atoms with Crippen molar-refractivity contribution in [2.24, 2.45) is 17.3 Å². The highest BCUT2D eigenvalue weighted by atomic mass is 16.3. The molecule has 84 valence electrons. The van der Waals surface area contributed by atoms with Crippen molar-refractivity contribution in [3.05, 3.63) is 11.6 Å². The van der Waals surface area contributed by atoms with Gasteiger partial charge in [0.05, 0.1) is 12.5 Å². The van der Waals surface area contributed by atoms with Gasteiger partial charge >= 0.3 is 0 Å². The Hall–Kier alpha value is -0.940. The minimum absolute atomic E-state index is 0.0177. The molecule has 0 radical (unpaired) electrons. The van der Waals surface area contributed by atoms with Crippen LogP contribution >= 0.6 is 0 Å². The largest absolute Gasteiger partial charge is 0.462 e. The Morgan fingerprint density at radius 1 is 1.60 bits per heavy atom. The minimum atomic E-state index is -0.123. The molecular formula is C13H20O2. The number of aliphatic hydroxyl groups excluding tert-OH is 2. The molecule has 0 saturated heterocycles. The van der Waals surface area contributed by atoms with Crippen molar-refractivity contribution in [3.8, 4) is 12.0 Å². The second kappa shape index (κ2) is 4.72. The van der Waals surface area contributed by atoms with E-state index in [1.807, 2.05) is 6.11 Å². The molecule has 15 heavy (non-hydrogen) atoms. The maximum Gasteiger partial charge on any atom is 0.107 e. The fourth-order valence-corrected chi connectivity index (χ4v) is 2.43. The number of rotatable bonds is 2. The van der Waals surface area contributed by atoms with E-state index >= 15 is 0 Å². The predicted molar refractivity (Wildman–Crippen MR) is 60.5 cm³/mol. The van der Waals surface area contributed by atoms with E-state index in [9.17, 15) is 5.11 Å². The lowest BCUT2D eigenvalue weighted by molar-refractivity contribution is 0.204. The van der Waals surface area contributed by atoms with Crippen molar-refractivity contribution in [3.63, 3.8) is 0 Å². The first kappa shape index (κ1) is 12.1. The zero-order chi connectivity index (χ0) is 11.5. The SMILES string of the molecule is CC1=CC(C)(C)CCC1C(C#CO)CO. The third kappa shape index (κ3) is 3.00. The monoisotopic (exact) mass is 208 g/mol. The summed E-state index contributed by atoms with van der Waals surface area (Å²) in [5.41, 5.74) is 1.54. The van der Waals surface area contributed by atoms with Crippen molar-refractivity contribution < 1.29 is 10.2 Å². The molecule has 0 aliphatic heterocycles. The second-order valence-corrected chi connectivity index (χ2v) is 5.07. The predicted octanol–water partition coefficient (Wildman–Crippen LogP) is 2.31. The van der Waals surface area contributed by atoms with E-state index in [1.165, 1.54) is 5.57 Å². The zero-order valence-corrected chi connectivity index (χ0v) is 9.75. The second-order valence-electron chi connectivity index (χ2n) is 5.07. The van der Waals surface area contributed by atoms with Crippen LogP contribution in [0, 0.1) is 29.3 Å². The van der Waals surface area contributed by atoms with Crippen LogP contribution in [-0.4, -0.2) is 16.8 Å². The number of hydrogen-bond donors (Lipinski definition) is 2. The fraction of sp³-hybridized carbons (Fsp3) is 0.692. The van der Waals surface area contributed by atoms with Crippen LogP contribution in [0.15, 0.2) is 11.6 Å². The molecule has 0 aromatic carbocycles. The average Bonchev–Trinajstić information content (AvgIpc) is 2.14. The molecule has 0 fully saturated rings. The smallest absolute Gasteiger partial charge is 0.107 e. The van der Waals surface area contributed by atoms with Crippen LogP contribution in [0.25, 0.3) is 0 Å². The van der Waals surface area contributed by atoms with Gasteiger partial charge in [-0.15, -0.1) is 0 Å². The van der Waals surface area contributed by atoms with Crippen molar-refractivity contribution in [2.75, 3.05) is 6.61 Å². The molecule has 0 aromatic heterocycles. The molecule has 2 N–H and O–H groups in total. The average molecular weight is 208 g/mol. The molecule has 0 aromatic rings. The maximum absolute atomic E-state index is 9.22. The quantitative estimate of drug-likeness (QED) is 0.540. The van der Waals surface area contributed by atoms with E-state index in [1.54, 1.807) is 0 Å². The highest BCUT2D eigenvalue weighted by molar-refractivity contribution is 5.18. The molecule has 0 bridgehead atoms. The van der Waals surface area contributed by atoms with Crippen molar-refractivity contribution >= 4 is 0 Å². The lowest BCUT2D eigenvalue weighted by Crippen LogP contribution is -2.26. The summed E-state index contributed by atoms with van der Waals surface area (Å²) in [6.45, 7) is 6.55. The molecule has 0 amide bonds. The van der Waals surface area contributed by atoms with Crippen LogP contribution in [0.4, 0.5) is 0 Å². The van der Waals surface area contributed by atoms with Gasteiger partial charge in [0.1, 0.15) is 6.11 Å². The van der Waals surface area contributed by atoms with Crippen LogP contribution in [0.5, 0.6) is 0 Å². The van der Waals surface area contributed by atoms with Gasteiger partial charge < -0.3 is 10.2 Å². The van der Waals surface area contributed by atoms with E-state index in [0.29, 0.717) is 5.92 Å². The maximum atomic E-state index is 9.22. The Balaban J connectivity index is 2.84. The van der Waals surface area contributed by atoms with E-state index in [4.69, 9.17) is 5.11 Å². The van der Waals surface area contributed by atoms with Gasteiger partial charge in [-0.3, -0.25) is 0 Å². The minimum Gasteiger partial charge on any atom is -0.462 e. The summed E-state index contributed by atoms with van der Waals surface area (Å²) < 4.78 is 0. The van der Waals surface area contributed by atoms with E-state index in [0.717, 1.165) is 12.8 Å². The summed E-state index contributed by atoms with van der Waals surface area (Å²) in [6.07, 6.45) is 6.33. The first-order valence-corrected chi connectivity index (χ1v) is 5.45. The van der Waals surface area contributed by atoms with Gasteiger partial charge in [0.15, 0.2) is 0 Å². The Morgan fingerprint density at radius 3 is 2.73 bits per heavy atom. The van der Waals surface area contributed by atoms with Crippen molar-refractivity contribution in [2.45, 2.75) is 33.6 Å². The highest BCUT2D eigenvalue weighted by Crippen LogP contribution is 2.39. The zero-order valence-electron chi connectivity index (χ0n) is 9.75. The molecule has 1 aliphatic rings. The van der Waals surface area contributed by atoms with Gasteiger partial charge in [0.25, 0.3) is 0 Å².